The van der Waals surface area contributed by atoms with E-state index in [0.29, 0.717) is 30.0 Å². The number of H-pyrrole nitrogens is 1. The molecule has 104 valence electrons. The first-order valence-corrected chi connectivity index (χ1v) is 6.57. The Balaban J connectivity index is 1.90. The summed E-state index contributed by atoms with van der Waals surface area (Å²) in [4.78, 5) is 6.26. The maximum absolute atomic E-state index is 8.12. The van der Waals surface area contributed by atoms with E-state index in [2.05, 4.69) is 32.3 Å². The SMILES string of the molecule is CCC1CN(C(=N)CC(N)=Nc2ccn[nH]2)CCN1. The average molecular weight is 263 g/mol. The molecule has 0 radical (unpaired) electrons. The number of nitrogens with zero attached hydrogens (tertiary/aromatic N) is 3. The van der Waals surface area contributed by atoms with Gasteiger partial charge in [0.05, 0.1) is 12.6 Å². The van der Waals surface area contributed by atoms with Crippen molar-refractivity contribution in [2.75, 3.05) is 19.6 Å². The second-order valence-electron chi connectivity index (χ2n) is 4.67. The predicted molar refractivity (Wildman–Crippen MR) is 75.9 cm³/mol. The number of amidine groups is 2. The Bertz CT molecular complexity index is 437. The van der Waals surface area contributed by atoms with Crippen LogP contribution in [-0.4, -0.2) is 52.4 Å². The highest BCUT2D eigenvalue weighted by Gasteiger charge is 2.20. The fraction of sp³-hybridized carbons (Fsp3) is 0.583. The predicted octanol–water partition coefficient (Wildman–Crippen LogP) is 0.450. The van der Waals surface area contributed by atoms with Crippen LogP contribution in [0.5, 0.6) is 0 Å². The van der Waals surface area contributed by atoms with Crippen molar-refractivity contribution < 1.29 is 0 Å². The summed E-state index contributed by atoms with van der Waals surface area (Å²) >= 11 is 0. The van der Waals surface area contributed by atoms with Gasteiger partial charge in [-0.15, -0.1) is 0 Å². The van der Waals surface area contributed by atoms with Crippen molar-refractivity contribution >= 4 is 17.5 Å². The van der Waals surface area contributed by atoms with Crippen molar-refractivity contribution in [1.82, 2.24) is 20.4 Å². The molecule has 19 heavy (non-hydrogen) atoms. The zero-order valence-corrected chi connectivity index (χ0v) is 11.2. The molecule has 1 atom stereocenters. The van der Waals surface area contributed by atoms with Crippen LogP contribution in [0.2, 0.25) is 0 Å². The molecule has 1 fully saturated rings. The molecule has 7 nitrogen and oxygen atoms in total. The van der Waals surface area contributed by atoms with Gasteiger partial charge in [-0.3, -0.25) is 10.5 Å². The lowest BCUT2D eigenvalue weighted by atomic mass is 10.1. The van der Waals surface area contributed by atoms with E-state index in [-0.39, 0.29) is 0 Å². The number of piperazine rings is 1. The smallest absolute Gasteiger partial charge is 0.149 e. The van der Waals surface area contributed by atoms with Crippen molar-refractivity contribution in [1.29, 1.82) is 5.41 Å². The number of nitrogens with two attached hydrogens (primary N) is 1. The summed E-state index contributed by atoms with van der Waals surface area (Å²) < 4.78 is 0. The monoisotopic (exact) mass is 263 g/mol. The largest absolute Gasteiger partial charge is 0.387 e. The molecule has 1 aromatic heterocycles. The minimum absolute atomic E-state index is 0.370. The van der Waals surface area contributed by atoms with E-state index in [1.54, 1.807) is 12.3 Å². The summed E-state index contributed by atoms with van der Waals surface area (Å²) in [5.41, 5.74) is 5.86. The van der Waals surface area contributed by atoms with Gasteiger partial charge in [0.25, 0.3) is 0 Å². The molecule has 1 aromatic rings. The normalized spacial score (nSPS) is 20.6. The number of nitrogens with one attached hydrogen (secondary N) is 3. The van der Waals surface area contributed by atoms with Crippen LogP contribution in [0, 0.1) is 5.41 Å². The van der Waals surface area contributed by atoms with Gasteiger partial charge in [0, 0.05) is 31.7 Å². The molecule has 0 aromatic carbocycles. The number of aromatic amines is 1. The van der Waals surface area contributed by atoms with Crippen LogP contribution in [0.15, 0.2) is 17.3 Å². The van der Waals surface area contributed by atoms with Gasteiger partial charge in [0.15, 0.2) is 0 Å². The first kappa shape index (κ1) is 13.5. The molecule has 1 saturated heterocycles. The highest BCUT2D eigenvalue weighted by molar-refractivity contribution is 6.01. The Labute approximate surface area is 112 Å². The number of hydrogen-bond donors (Lipinski definition) is 4. The number of aliphatic imine (C=N–C) groups is 1. The van der Waals surface area contributed by atoms with Crippen molar-refractivity contribution in [2.24, 2.45) is 10.7 Å². The zero-order valence-electron chi connectivity index (χ0n) is 11.2. The summed E-state index contributed by atoms with van der Waals surface area (Å²) in [6.07, 6.45) is 3.07. The minimum atomic E-state index is 0.370. The van der Waals surface area contributed by atoms with E-state index in [1.165, 1.54) is 0 Å². The molecule has 7 heteroatoms. The Kier molecular flexibility index (Phi) is 4.51. The van der Waals surface area contributed by atoms with Crippen LogP contribution in [0.3, 0.4) is 0 Å². The maximum Gasteiger partial charge on any atom is 0.149 e. The van der Waals surface area contributed by atoms with Gasteiger partial charge in [0.1, 0.15) is 17.5 Å². The van der Waals surface area contributed by atoms with Crippen LogP contribution < -0.4 is 11.1 Å². The maximum atomic E-state index is 8.12. The summed E-state index contributed by atoms with van der Waals surface area (Å²) in [6, 6.07) is 2.20. The molecule has 0 amide bonds. The van der Waals surface area contributed by atoms with Crippen LogP contribution in [0.1, 0.15) is 19.8 Å². The molecule has 1 aliphatic heterocycles. The Morgan fingerprint density at radius 1 is 1.68 bits per heavy atom. The van der Waals surface area contributed by atoms with Crippen molar-refractivity contribution in [3.63, 3.8) is 0 Å². The molecule has 0 aliphatic carbocycles. The Morgan fingerprint density at radius 3 is 3.21 bits per heavy atom. The molecule has 2 rings (SSSR count). The van der Waals surface area contributed by atoms with Crippen molar-refractivity contribution in [3.8, 4) is 0 Å². The molecule has 2 heterocycles. The summed E-state index contributed by atoms with van der Waals surface area (Å²) in [6.45, 7) is 4.79. The van der Waals surface area contributed by atoms with E-state index < -0.39 is 0 Å². The van der Waals surface area contributed by atoms with E-state index in [0.717, 1.165) is 26.1 Å². The molecule has 0 saturated carbocycles. The van der Waals surface area contributed by atoms with Gasteiger partial charge in [-0.25, -0.2) is 4.99 Å². The van der Waals surface area contributed by atoms with Gasteiger partial charge in [-0.2, -0.15) is 5.10 Å². The van der Waals surface area contributed by atoms with Crippen LogP contribution in [0.25, 0.3) is 0 Å². The topological polar surface area (TPSA) is 106 Å². The lowest BCUT2D eigenvalue weighted by Crippen LogP contribution is -2.52. The van der Waals surface area contributed by atoms with E-state index in [4.69, 9.17) is 11.1 Å². The molecule has 0 bridgehead atoms. The standard InChI is InChI=1S/C12H21N7/c1-2-9-8-19(6-5-15-9)11(14)7-10(13)17-12-3-4-16-18-12/h3-4,9,14-15H,2,5-8H2,1H3,(H3,13,16,17,18). The van der Waals surface area contributed by atoms with E-state index >= 15 is 0 Å². The highest BCUT2D eigenvalue weighted by Crippen LogP contribution is 2.07. The average Bonchev–Trinajstić information content (AvgIpc) is 2.91. The summed E-state index contributed by atoms with van der Waals surface area (Å²) in [5.74, 6) is 1.58. The van der Waals surface area contributed by atoms with Gasteiger partial charge >= 0.3 is 0 Å². The second kappa shape index (κ2) is 6.33. The highest BCUT2D eigenvalue weighted by atomic mass is 15.2. The third-order valence-corrected chi connectivity index (χ3v) is 3.23. The lowest BCUT2D eigenvalue weighted by molar-refractivity contribution is 0.283. The van der Waals surface area contributed by atoms with Gasteiger partial charge in [0.2, 0.25) is 0 Å². The molecule has 5 N–H and O–H groups in total. The van der Waals surface area contributed by atoms with Gasteiger partial charge in [-0.05, 0) is 6.42 Å². The summed E-state index contributed by atoms with van der Waals surface area (Å²) in [7, 11) is 0. The second-order valence-corrected chi connectivity index (χ2v) is 4.67. The third kappa shape index (κ3) is 3.78. The number of hydrogen-bond acceptors (Lipinski definition) is 4. The van der Waals surface area contributed by atoms with Crippen molar-refractivity contribution in [2.45, 2.75) is 25.8 Å². The number of rotatable bonds is 4. The molecule has 1 unspecified atom stereocenters. The first-order chi connectivity index (χ1) is 9.19. The lowest BCUT2D eigenvalue weighted by Gasteiger charge is -2.34. The van der Waals surface area contributed by atoms with Crippen LogP contribution in [0.4, 0.5) is 5.82 Å². The van der Waals surface area contributed by atoms with Crippen LogP contribution in [-0.2, 0) is 0 Å². The minimum Gasteiger partial charge on any atom is -0.387 e. The van der Waals surface area contributed by atoms with Gasteiger partial charge in [-0.1, -0.05) is 6.92 Å². The van der Waals surface area contributed by atoms with E-state index in [9.17, 15) is 0 Å². The summed E-state index contributed by atoms with van der Waals surface area (Å²) in [5, 5.41) is 18.1. The fourth-order valence-corrected chi connectivity index (χ4v) is 2.13. The number of aromatic nitrogens is 2. The Hall–Kier alpha value is -1.89. The molecule has 1 aliphatic rings. The van der Waals surface area contributed by atoms with Gasteiger partial charge < -0.3 is 16.0 Å². The third-order valence-electron chi connectivity index (χ3n) is 3.23. The molecule has 0 spiro atoms. The van der Waals surface area contributed by atoms with Crippen molar-refractivity contribution in [3.05, 3.63) is 12.3 Å². The quantitative estimate of drug-likeness (QED) is 0.467. The fourth-order valence-electron chi connectivity index (χ4n) is 2.13. The zero-order chi connectivity index (χ0) is 13.7. The first-order valence-electron chi connectivity index (χ1n) is 6.57. The van der Waals surface area contributed by atoms with E-state index in [1.807, 2.05) is 0 Å². The molecular formula is C12H21N7. The Morgan fingerprint density at radius 2 is 2.53 bits per heavy atom. The van der Waals surface area contributed by atoms with Crippen LogP contribution >= 0.6 is 0 Å². The molecular weight excluding hydrogens is 242 g/mol.